The van der Waals surface area contributed by atoms with Crippen molar-refractivity contribution in [2.24, 2.45) is 0 Å². The highest BCUT2D eigenvalue weighted by Gasteiger charge is 2.47. The van der Waals surface area contributed by atoms with Crippen LogP contribution in [-0.2, 0) is 17.5 Å². The van der Waals surface area contributed by atoms with Gasteiger partial charge < -0.3 is 14.2 Å². The molecule has 13 heteroatoms. The highest BCUT2D eigenvalue weighted by atomic mass is 19.4. The minimum absolute atomic E-state index is 0.0164. The Balaban J connectivity index is 1.32. The van der Waals surface area contributed by atoms with Crippen molar-refractivity contribution in [3.05, 3.63) is 51.8 Å². The zero-order valence-electron chi connectivity index (χ0n) is 18.0. The summed E-state index contributed by atoms with van der Waals surface area (Å²) in [6.45, 7) is 2.82. The van der Waals surface area contributed by atoms with Crippen molar-refractivity contribution in [3.8, 4) is 11.4 Å². The van der Waals surface area contributed by atoms with Crippen molar-refractivity contribution in [2.45, 2.75) is 44.3 Å². The van der Waals surface area contributed by atoms with E-state index in [-0.39, 0.29) is 35.7 Å². The standard InChI is InChI=1S/C21H20F4N6O3/c1-12-15(19(29-34-12)16-2-3-17(28-27-16)21(23,24)25)8-31-18(32)6-14(7-26-31)30-10-20(11-30)5-4-13(22)9-33-20/h2-3,6-7,13H,4-5,8-11H2,1H3. The van der Waals surface area contributed by atoms with E-state index < -0.39 is 18.0 Å². The maximum Gasteiger partial charge on any atom is 0.435 e. The van der Waals surface area contributed by atoms with E-state index >= 15 is 0 Å². The number of nitrogens with zero attached hydrogens (tertiary/aromatic N) is 6. The second-order valence-corrected chi connectivity index (χ2v) is 8.56. The van der Waals surface area contributed by atoms with Crippen molar-refractivity contribution >= 4 is 5.69 Å². The molecule has 2 aliphatic rings. The predicted molar refractivity (Wildman–Crippen MR) is 110 cm³/mol. The lowest BCUT2D eigenvalue weighted by molar-refractivity contribution is -0.141. The fourth-order valence-electron chi connectivity index (χ4n) is 4.18. The third-order valence-electron chi connectivity index (χ3n) is 6.15. The summed E-state index contributed by atoms with van der Waals surface area (Å²) in [7, 11) is 0. The van der Waals surface area contributed by atoms with Crippen LogP contribution in [0.15, 0.2) is 33.7 Å². The largest absolute Gasteiger partial charge is 0.435 e. The SMILES string of the molecule is Cc1onc(-c2ccc(C(F)(F)F)nn2)c1Cn1ncc(N2CC3(CCC(F)CO3)C2)cc1=O. The second kappa shape index (κ2) is 8.15. The summed E-state index contributed by atoms with van der Waals surface area (Å²) >= 11 is 0. The Bertz CT molecular complexity index is 1240. The van der Waals surface area contributed by atoms with Crippen molar-refractivity contribution in [1.29, 1.82) is 0 Å². The number of hydrogen-bond acceptors (Lipinski definition) is 8. The fourth-order valence-corrected chi connectivity index (χ4v) is 4.18. The van der Waals surface area contributed by atoms with Crippen LogP contribution < -0.4 is 10.5 Å². The van der Waals surface area contributed by atoms with Gasteiger partial charge in [-0.3, -0.25) is 4.79 Å². The van der Waals surface area contributed by atoms with Crippen LogP contribution >= 0.6 is 0 Å². The van der Waals surface area contributed by atoms with Crippen LogP contribution in [0.25, 0.3) is 11.4 Å². The highest BCUT2D eigenvalue weighted by molar-refractivity contribution is 5.58. The van der Waals surface area contributed by atoms with E-state index in [0.717, 1.165) is 12.1 Å². The molecule has 180 valence electrons. The number of alkyl halides is 4. The average Bonchev–Trinajstić information content (AvgIpc) is 3.14. The second-order valence-electron chi connectivity index (χ2n) is 8.56. The Morgan fingerprint density at radius 3 is 2.65 bits per heavy atom. The Morgan fingerprint density at radius 2 is 2.03 bits per heavy atom. The van der Waals surface area contributed by atoms with E-state index in [0.29, 0.717) is 42.9 Å². The predicted octanol–water partition coefficient (Wildman–Crippen LogP) is 2.77. The zero-order valence-corrected chi connectivity index (χ0v) is 18.0. The van der Waals surface area contributed by atoms with Gasteiger partial charge in [0, 0.05) is 24.7 Å². The molecular formula is C21H20F4N6O3. The van der Waals surface area contributed by atoms with Crippen molar-refractivity contribution in [2.75, 3.05) is 24.6 Å². The molecule has 0 N–H and O–H groups in total. The number of rotatable bonds is 4. The molecule has 0 amide bonds. The van der Waals surface area contributed by atoms with Gasteiger partial charge in [0.1, 0.15) is 28.9 Å². The Hall–Kier alpha value is -3.35. The summed E-state index contributed by atoms with van der Waals surface area (Å²) in [6, 6.07) is 3.40. The number of aromatic nitrogens is 5. The first-order valence-electron chi connectivity index (χ1n) is 10.6. The Morgan fingerprint density at radius 1 is 1.24 bits per heavy atom. The van der Waals surface area contributed by atoms with Gasteiger partial charge in [0.25, 0.3) is 5.56 Å². The fraction of sp³-hybridized carbons (Fsp3) is 0.476. The van der Waals surface area contributed by atoms with Crippen LogP contribution in [0.3, 0.4) is 0 Å². The molecule has 2 aliphatic heterocycles. The molecule has 2 saturated heterocycles. The summed E-state index contributed by atoms with van der Waals surface area (Å²) in [4.78, 5) is 14.7. The molecule has 3 aromatic rings. The van der Waals surface area contributed by atoms with Crippen LogP contribution in [0, 0.1) is 6.92 Å². The number of hydrogen-bond donors (Lipinski definition) is 0. The van der Waals surface area contributed by atoms with Gasteiger partial charge in [-0.15, -0.1) is 10.2 Å². The van der Waals surface area contributed by atoms with E-state index in [9.17, 15) is 22.4 Å². The molecule has 34 heavy (non-hydrogen) atoms. The highest BCUT2D eigenvalue weighted by Crippen LogP contribution is 2.37. The maximum atomic E-state index is 13.3. The van der Waals surface area contributed by atoms with E-state index in [2.05, 4.69) is 20.5 Å². The first-order chi connectivity index (χ1) is 16.1. The monoisotopic (exact) mass is 480 g/mol. The number of ether oxygens (including phenoxy) is 1. The molecule has 0 aliphatic carbocycles. The molecule has 0 bridgehead atoms. The van der Waals surface area contributed by atoms with Crippen molar-refractivity contribution < 1.29 is 26.8 Å². The first kappa shape index (κ1) is 22.4. The normalized spacial score (nSPS) is 19.9. The minimum Gasteiger partial charge on any atom is -0.368 e. The maximum absolute atomic E-state index is 13.3. The third kappa shape index (κ3) is 4.15. The molecule has 1 spiro atoms. The smallest absolute Gasteiger partial charge is 0.368 e. The molecule has 0 aromatic carbocycles. The van der Waals surface area contributed by atoms with Gasteiger partial charge in [0.15, 0.2) is 5.69 Å². The number of aryl methyl sites for hydroxylation is 1. The molecule has 2 fully saturated rings. The summed E-state index contributed by atoms with van der Waals surface area (Å²) < 4.78 is 63.7. The lowest BCUT2D eigenvalue weighted by Gasteiger charge is -2.52. The molecule has 0 radical (unpaired) electrons. The topological polar surface area (TPSA) is 99.2 Å². The van der Waals surface area contributed by atoms with Gasteiger partial charge in [-0.05, 0) is 31.9 Å². The van der Waals surface area contributed by atoms with Gasteiger partial charge >= 0.3 is 6.18 Å². The molecule has 3 aromatic heterocycles. The van der Waals surface area contributed by atoms with Crippen LogP contribution in [0.2, 0.25) is 0 Å². The summed E-state index contributed by atoms with van der Waals surface area (Å²) in [5.41, 5.74) is -0.516. The van der Waals surface area contributed by atoms with Gasteiger partial charge in [0.2, 0.25) is 0 Å². The Kier molecular flexibility index (Phi) is 5.38. The molecule has 5 heterocycles. The Labute approximate surface area is 190 Å². The summed E-state index contributed by atoms with van der Waals surface area (Å²) in [5.74, 6) is 0.375. The summed E-state index contributed by atoms with van der Waals surface area (Å²) in [6.07, 6.45) is -2.88. The molecule has 1 unspecified atom stereocenters. The molecular weight excluding hydrogens is 460 g/mol. The van der Waals surface area contributed by atoms with Gasteiger partial charge in [-0.2, -0.15) is 18.3 Å². The van der Waals surface area contributed by atoms with E-state index in [1.165, 1.54) is 10.7 Å². The van der Waals surface area contributed by atoms with Gasteiger partial charge in [-0.1, -0.05) is 5.16 Å². The first-order valence-corrected chi connectivity index (χ1v) is 10.6. The molecule has 1 atom stereocenters. The lowest BCUT2D eigenvalue weighted by Crippen LogP contribution is -2.65. The van der Waals surface area contributed by atoms with Crippen LogP contribution in [0.1, 0.15) is 29.9 Å². The molecule has 9 nitrogen and oxygen atoms in total. The number of anilines is 1. The molecule has 5 rings (SSSR count). The summed E-state index contributed by atoms with van der Waals surface area (Å²) in [5, 5.41) is 14.9. The zero-order chi connectivity index (χ0) is 24.1. The average molecular weight is 480 g/mol. The van der Waals surface area contributed by atoms with E-state index in [1.807, 2.05) is 4.90 Å². The van der Waals surface area contributed by atoms with Crippen molar-refractivity contribution in [1.82, 2.24) is 25.1 Å². The third-order valence-corrected chi connectivity index (χ3v) is 6.15. The quantitative estimate of drug-likeness (QED) is 0.526. The van der Waals surface area contributed by atoms with Crippen LogP contribution in [0.4, 0.5) is 23.2 Å². The molecule has 0 saturated carbocycles. The lowest BCUT2D eigenvalue weighted by atomic mass is 9.85. The van der Waals surface area contributed by atoms with Crippen LogP contribution in [0.5, 0.6) is 0 Å². The van der Waals surface area contributed by atoms with Crippen LogP contribution in [-0.4, -0.2) is 56.6 Å². The van der Waals surface area contributed by atoms with Gasteiger partial charge in [-0.25, -0.2) is 9.07 Å². The number of halogens is 4. The van der Waals surface area contributed by atoms with Crippen molar-refractivity contribution in [3.63, 3.8) is 0 Å². The van der Waals surface area contributed by atoms with E-state index in [1.54, 1.807) is 13.1 Å². The van der Waals surface area contributed by atoms with E-state index in [4.69, 9.17) is 9.26 Å². The minimum atomic E-state index is -4.61. The van der Waals surface area contributed by atoms with Gasteiger partial charge in [0.05, 0.1) is 25.0 Å².